The van der Waals surface area contributed by atoms with E-state index in [2.05, 4.69) is 25.1 Å². The van der Waals surface area contributed by atoms with Gasteiger partial charge in [-0.05, 0) is 24.3 Å². The van der Waals surface area contributed by atoms with Crippen molar-refractivity contribution >= 4 is 25.6 Å². The van der Waals surface area contributed by atoms with Crippen molar-refractivity contribution in [3.8, 4) is 0 Å². The Hall–Kier alpha value is -1.44. The fourth-order valence-electron chi connectivity index (χ4n) is 3.80. The zero-order valence-corrected chi connectivity index (χ0v) is 20.4. The fourth-order valence-corrected chi connectivity index (χ4v) is 5.99. The van der Waals surface area contributed by atoms with Gasteiger partial charge in [0, 0.05) is 65.7 Å². The predicted molar refractivity (Wildman–Crippen MR) is 125 cm³/mol. The van der Waals surface area contributed by atoms with Crippen molar-refractivity contribution in [1.29, 1.82) is 0 Å². The standard InChI is InChI=1S/C21H31N5O4P2/c1-31(27)20-7-3-5-18(23-20)15-25-11-9-22-10-12-26(14-13-25)16-19-6-4-8-21(24-19)32(2,28)30-17-29-31/h3-8,22H,9-17H2,1-2H3. The Morgan fingerprint density at radius 2 is 1.25 bits per heavy atom. The summed E-state index contributed by atoms with van der Waals surface area (Å²) in [5.74, 6) is 0. The summed E-state index contributed by atoms with van der Waals surface area (Å²) in [5, 5.41) is 3.50. The fraction of sp³-hybridized carbons (Fsp3) is 0.524. The summed E-state index contributed by atoms with van der Waals surface area (Å²) < 4.78 is 37.5. The molecule has 6 bridgehead atoms. The first-order chi connectivity index (χ1) is 15.3. The molecule has 2 aliphatic rings. The van der Waals surface area contributed by atoms with E-state index in [-0.39, 0.29) is 6.79 Å². The maximum atomic E-state index is 13.2. The van der Waals surface area contributed by atoms with Crippen LogP contribution in [-0.2, 0) is 31.3 Å². The Bertz CT molecular complexity index is 957. The highest BCUT2D eigenvalue weighted by Crippen LogP contribution is 2.45. The van der Waals surface area contributed by atoms with Gasteiger partial charge >= 0.3 is 0 Å². The van der Waals surface area contributed by atoms with Crippen LogP contribution < -0.4 is 16.2 Å². The molecule has 2 aliphatic heterocycles. The lowest BCUT2D eigenvalue weighted by molar-refractivity contribution is 0.132. The van der Waals surface area contributed by atoms with Crippen LogP contribution in [0.25, 0.3) is 0 Å². The largest absolute Gasteiger partial charge is 0.314 e. The maximum absolute atomic E-state index is 13.2. The van der Waals surface area contributed by atoms with Gasteiger partial charge in [0.25, 0.3) is 0 Å². The number of nitrogens with zero attached hydrogens (tertiary/aromatic N) is 4. The molecule has 32 heavy (non-hydrogen) atoms. The summed E-state index contributed by atoms with van der Waals surface area (Å²) in [6.45, 7) is 9.35. The molecule has 2 aromatic heterocycles. The Kier molecular flexibility index (Phi) is 7.58. The molecule has 0 saturated carbocycles. The van der Waals surface area contributed by atoms with Crippen LogP contribution in [0, 0.1) is 0 Å². The molecular weight excluding hydrogens is 448 g/mol. The Morgan fingerprint density at radius 3 is 1.72 bits per heavy atom. The molecule has 4 unspecified atom stereocenters. The highest BCUT2D eigenvalue weighted by Gasteiger charge is 2.27. The number of aromatic nitrogens is 2. The quantitative estimate of drug-likeness (QED) is 0.564. The number of pyridine rings is 2. The average Bonchev–Trinajstić information content (AvgIpc) is 2.86. The number of nitrogens with one attached hydrogen (secondary N) is 1. The summed E-state index contributed by atoms with van der Waals surface area (Å²) in [4.78, 5) is 13.9. The third-order valence-electron chi connectivity index (χ3n) is 5.73. The normalized spacial score (nSPS) is 32.3. The zero-order chi connectivity index (χ0) is 22.6. The number of fused-ring (bicyclic) bond motifs is 7. The van der Waals surface area contributed by atoms with Gasteiger partial charge in [-0.25, -0.2) is 9.97 Å². The monoisotopic (exact) mass is 479 g/mol. The molecule has 1 N–H and O–H groups in total. The van der Waals surface area contributed by atoms with Crippen molar-refractivity contribution in [2.75, 3.05) is 59.4 Å². The molecule has 0 amide bonds. The van der Waals surface area contributed by atoms with Crippen LogP contribution in [0.2, 0.25) is 0 Å². The van der Waals surface area contributed by atoms with E-state index in [0.717, 1.165) is 50.7 Å². The third-order valence-corrected chi connectivity index (χ3v) is 9.09. The highest BCUT2D eigenvalue weighted by molar-refractivity contribution is 7.66. The van der Waals surface area contributed by atoms with Crippen LogP contribution >= 0.6 is 14.7 Å². The van der Waals surface area contributed by atoms with Gasteiger partial charge in [0.05, 0.1) is 11.4 Å². The first-order valence-electron chi connectivity index (χ1n) is 10.8. The Balaban J connectivity index is 1.67. The lowest BCUT2D eigenvalue weighted by Crippen LogP contribution is -2.36. The molecule has 2 aromatic rings. The van der Waals surface area contributed by atoms with Crippen LogP contribution in [-0.4, -0.2) is 79.2 Å². The summed E-state index contributed by atoms with van der Waals surface area (Å²) in [6, 6.07) is 11.0. The Morgan fingerprint density at radius 1 is 0.781 bits per heavy atom. The Labute approximate surface area is 189 Å². The minimum absolute atomic E-state index is 0.358. The van der Waals surface area contributed by atoms with Gasteiger partial charge in [-0.15, -0.1) is 0 Å². The van der Waals surface area contributed by atoms with Crippen LogP contribution in [0.15, 0.2) is 36.4 Å². The summed E-state index contributed by atoms with van der Waals surface area (Å²) >= 11 is 0. The molecule has 4 heterocycles. The van der Waals surface area contributed by atoms with Crippen LogP contribution in [0.4, 0.5) is 0 Å². The van der Waals surface area contributed by atoms with Gasteiger partial charge in [-0.3, -0.25) is 28.0 Å². The molecule has 1 fully saturated rings. The molecule has 1 saturated heterocycles. The van der Waals surface area contributed by atoms with Crippen molar-refractivity contribution in [2.45, 2.75) is 13.1 Å². The number of rotatable bonds is 0. The van der Waals surface area contributed by atoms with Gasteiger partial charge < -0.3 is 5.32 Å². The molecule has 0 radical (unpaired) electrons. The second-order valence-corrected chi connectivity index (χ2v) is 13.2. The molecule has 4 rings (SSSR count). The van der Waals surface area contributed by atoms with E-state index in [0.29, 0.717) is 24.0 Å². The van der Waals surface area contributed by atoms with E-state index in [9.17, 15) is 9.13 Å². The predicted octanol–water partition coefficient (Wildman–Crippen LogP) is 1.45. The van der Waals surface area contributed by atoms with Gasteiger partial charge in [0.15, 0.2) is 6.79 Å². The van der Waals surface area contributed by atoms with Crippen molar-refractivity contribution < 1.29 is 18.2 Å². The molecule has 0 spiro atoms. The average molecular weight is 479 g/mol. The molecule has 9 nitrogen and oxygen atoms in total. The second kappa shape index (κ2) is 10.2. The number of hydrogen-bond acceptors (Lipinski definition) is 9. The molecule has 11 heteroatoms. The lowest BCUT2D eigenvalue weighted by atomic mass is 10.3. The van der Waals surface area contributed by atoms with E-state index < -0.39 is 14.7 Å². The summed E-state index contributed by atoms with van der Waals surface area (Å²) in [6.07, 6.45) is 0. The molecular formula is C21H31N5O4P2. The lowest BCUT2D eigenvalue weighted by Gasteiger charge is -2.25. The first kappa shape index (κ1) is 23.7. The SMILES string of the molecule is CP1(=O)OCOP(C)(=O)c2cccc(n2)CN2CCNCCN(CC2)Cc2cccc1n2. The minimum atomic E-state index is -3.24. The van der Waals surface area contributed by atoms with Crippen LogP contribution in [0.3, 0.4) is 0 Å². The van der Waals surface area contributed by atoms with Crippen molar-refractivity contribution in [2.24, 2.45) is 0 Å². The first-order valence-corrected chi connectivity index (χ1v) is 15.0. The van der Waals surface area contributed by atoms with E-state index in [1.807, 2.05) is 24.3 Å². The van der Waals surface area contributed by atoms with Crippen LogP contribution in [0.1, 0.15) is 11.4 Å². The van der Waals surface area contributed by atoms with Gasteiger partial charge in [0.2, 0.25) is 14.7 Å². The zero-order valence-electron chi connectivity index (χ0n) is 18.6. The number of hydrogen-bond donors (Lipinski definition) is 1. The van der Waals surface area contributed by atoms with Gasteiger partial charge in [-0.1, -0.05) is 12.1 Å². The van der Waals surface area contributed by atoms with Gasteiger partial charge in [-0.2, -0.15) is 0 Å². The van der Waals surface area contributed by atoms with Crippen molar-refractivity contribution in [3.05, 3.63) is 47.8 Å². The minimum Gasteiger partial charge on any atom is -0.314 e. The van der Waals surface area contributed by atoms with E-state index in [1.54, 1.807) is 12.1 Å². The molecule has 4 atom stereocenters. The topological polar surface area (TPSA) is 96.9 Å². The van der Waals surface area contributed by atoms with E-state index in [1.165, 1.54) is 13.3 Å². The smallest absolute Gasteiger partial charge is 0.249 e. The summed E-state index contributed by atoms with van der Waals surface area (Å²) in [5.41, 5.74) is 2.47. The van der Waals surface area contributed by atoms with E-state index in [4.69, 9.17) is 9.05 Å². The molecule has 174 valence electrons. The van der Waals surface area contributed by atoms with E-state index >= 15 is 0 Å². The van der Waals surface area contributed by atoms with Crippen LogP contribution in [0.5, 0.6) is 0 Å². The second-order valence-electron chi connectivity index (χ2n) is 8.34. The van der Waals surface area contributed by atoms with Crippen molar-refractivity contribution in [1.82, 2.24) is 25.1 Å². The molecule has 0 aliphatic carbocycles. The van der Waals surface area contributed by atoms with Crippen molar-refractivity contribution in [3.63, 3.8) is 0 Å². The third kappa shape index (κ3) is 6.12. The molecule has 0 aromatic carbocycles. The van der Waals surface area contributed by atoms with Gasteiger partial charge in [0.1, 0.15) is 10.9 Å². The highest BCUT2D eigenvalue weighted by atomic mass is 31.2. The maximum Gasteiger partial charge on any atom is 0.249 e. The summed E-state index contributed by atoms with van der Waals surface area (Å²) in [7, 11) is -6.49.